The summed E-state index contributed by atoms with van der Waals surface area (Å²) in [6.07, 6.45) is 3.44. The van der Waals surface area contributed by atoms with Crippen LogP contribution in [0.5, 0.6) is 11.5 Å². The van der Waals surface area contributed by atoms with Crippen LogP contribution in [0.25, 0.3) is 11.3 Å². The van der Waals surface area contributed by atoms with Crippen LogP contribution < -0.4 is 5.32 Å². The van der Waals surface area contributed by atoms with Gasteiger partial charge >= 0.3 is 0 Å². The molecule has 0 unspecified atom stereocenters. The summed E-state index contributed by atoms with van der Waals surface area (Å²) in [4.78, 5) is 20.8. The fourth-order valence-corrected chi connectivity index (χ4v) is 2.98. The van der Waals surface area contributed by atoms with Gasteiger partial charge in [0, 0.05) is 28.9 Å². The number of hydrogen-bond donors (Lipinski definition) is 3. The zero-order chi connectivity index (χ0) is 17.1. The van der Waals surface area contributed by atoms with Crippen molar-refractivity contribution in [1.82, 2.24) is 15.3 Å². The molecule has 3 aromatic rings. The Morgan fingerprint density at radius 3 is 2.79 bits per heavy atom. The third-order valence-corrected chi connectivity index (χ3v) is 4.46. The summed E-state index contributed by atoms with van der Waals surface area (Å²) in [5.74, 6) is -0.944. The second kappa shape index (κ2) is 6.67. The number of nitrogens with one attached hydrogen (secondary N) is 1. The average Bonchev–Trinajstić information content (AvgIpc) is 3.08. The van der Waals surface area contributed by atoms with Crippen LogP contribution in [0.1, 0.15) is 28.3 Å². The first-order valence-corrected chi connectivity index (χ1v) is 8.11. The Kier molecular flexibility index (Phi) is 4.43. The molecule has 7 heteroatoms. The highest BCUT2D eigenvalue weighted by Crippen LogP contribution is 2.27. The summed E-state index contributed by atoms with van der Waals surface area (Å²) < 4.78 is 0. The van der Waals surface area contributed by atoms with Gasteiger partial charge in [0.1, 0.15) is 5.01 Å². The number of nitrogens with zero attached hydrogens (tertiary/aromatic N) is 2. The summed E-state index contributed by atoms with van der Waals surface area (Å²) >= 11 is 1.45. The van der Waals surface area contributed by atoms with Crippen LogP contribution in [0.3, 0.4) is 0 Å². The Morgan fingerprint density at radius 1 is 1.25 bits per heavy atom. The predicted octanol–water partition coefficient (Wildman–Crippen LogP) is 3.11. The van der Waals surface area contributed by atoms with Gasteiger partial charge in [0.25, 0.3) is 5.91 Å². The van der Waals surface area contributed by atoms with Crippen LogP contribution >= 0.6 is 11.3 Å². The molecule has 1 amide bonds. The number of carbonyl (C=O) groups excluding carboxylic acids is 1. The summed E-state index contributed by atoms with van der Waals surface area (Å²) in [6, 6.07) is 7.42. The first kappa shape index (κ1) is 15.9. The van der Waals surface area contributed by atoms with Crippen molar-refractivity contribution in [2.24, 2.45) is 0 Å². The highest BCUT2D eigenvalue weighted by molar-refractivity contribution is 7.10. The van der Waals surface area contributed by atoms with Crippen LogP contribution in [0.2, 0.25) is 0 Å². The summed E-state index contributed by atoms with van der Waals surface area (Å²) in [5, 5.41) is 24.3. The number of pyridine rings is 1. The lowest BCUT2D eigenvalue weighted by molar-refractivity contribution is 0.0939. The molecule has 0 bridgehead atoms. The molecule has 0 saturated carbocycles. The third kappa shape index (κ3) is 3.36. The van der Waals surface area contributed by atoms with Gasteiger partial charge in [0.15, 0.2) is 11.5 Å². The Labute approximate surface area is 142 Å². The van der Waals surface area contributed by atoms with Gasteiger partial charge in [-0.05, 0) is 37.3 Å². The molecule has 2 heterocycles. The maximum atomic E-state index is 12.2. The zero-order valence-electron chi connectivity index (χ0n) is 12.8. The van der Waals surface area contributed by atoms with Crippen molar-refractivity contribution < 1.29 is 15.0 Å². The predicted molar refractivity (Wildman–Crippen MR) is 91.0 cm³/mol. The van der Waals surface area contributed by atoms with Gasteiger partial charge in [0.2, 0.25) is 0 Å². The number of thiazole rings is 1. The molecule has 0 spiro atoms. The molecule has 1 aromatic carbocycles. The molecule has 0 saturated heterocycles. The van der Waals surface area contributed by atoms with Crippen molar-refractivity contribution in [2.75, 3.05) is 0 Å². The van der Waals surface area contributed by atoms with Crippen molar-refractivity contribution in [3.8, 4) is 22.8 Å². The van der Waals surface area contributed by atoms with E-state index in [2.05, 4.69) is 15.3 Å². The van der Waals surface area contributed by atoms with E-state index in [-0.39, 0.29) is 29.0 Å². The van der Waals surface area contributed by atoms with E-state index in [1.165, 1.54) is 29.5 Å². The minimum atomic E-state index is -0.351. The van der Waals surface area contributed by atoms with Crippen molar-refractivity contribution in [3.05, 3.63) is 58.7 Å². The SMILES string of the molecule is C[C@@H](NC(=O)c1ccc(O)c(O)c1)c1nc(-c2cccnc2)cs1. The highest BCUT2D eigenvalue weighted by Gasteiger charge is 2.16. The molecule has 0 radical (unpaired) electrons. The van der Waals surface area contributed by atoms with Gasteiger partial charge in [-0.3, -0.25) is 9.78 Å². The Bertz CT molecular complexity index is 865. The van der Waals surface area contributed by atoms with E-state index < -0.39 is 0 Å². The Balaban J connectivity index is 1.73. The van der Waals surface area contributed by atoms with Gasteiger partial charge in [-0.15, -0.1) is 11.3 Å². The number of aromatic hydroxyl groups is 2. The lowest BCUT2D eigenvalue weighted by atomic mass is 10.2. The summed E-state index contributed by atoms with van der Waals surface area (Å²) in [5.41, 5.74) is 2.00. The van der Waals surface area contributed by atoms with Crippen molar-refractivity contribution in [1.29, 1.82) is 0 Å². The van der Waals surface area contributed by atoms with E-state index in [0.29, 0.717) is 0 Å². The molecule has 24 heavy (non-hydrogen) atoms. The maximum Gasteiger partial charge on any atom is 0.251 e. The molecule has 1 atom stereocenters. The minimum Gasteiger partial charge on any atom is -0.504 e. The van der Waals surface area contributed by atoms with Crippen LogP contribution in [0, 0.1) is 0 Å². The van der Waals surface area contributed by atoms with E-state index in [1.54, 1.807) is 12.4 Å². The molecule has 0 fully saturated rings. The normalized spacial score (nSPS) is 11.9. The van der Waals surface area contributed by atoms with Gasteiger partial charge in [-0.25, -0.2) is 4.98 Å². The number of aromatic nitrogens is 2. The number of carbonyl (C=O) groups is 1. The van der Waals surface area contributed by atoms with E-state index in [4.69, 9.17) is 0 Å². The minimum absolute atomic E-state index is 0.263. The zero-order valence-corrected chi connectivity index (χ0v) is 13.6. The van der Waals surface area contributed by atoms with Gasteiger partial charge < -0.3 is 15.5 Å². The molecular formula is C17H15N3O3S. The van der Waals surface area contributed by atoms with Crippen LogP contribution in [0.4, 0.5) is 0 Å². The molecule has 2 aromatic heterocycles. The Hall–Kier alpha value is -2.93. The van der Waals surface area contributed by atoms with Crippen LogP contribution in [-0.2, 0) is 0 Å². The van der Waals surface area contributed by atoms with Crippen molar-refractivity contribution in [2.45, 2.75) is 13.0 Å². The number of benzene rings is 1. The largest absolute Gasteiger partial charge is 0.504 e. The molecular weight excluding hydrogens is 326 g/mol. The number of phenols is 2. The van der Waals surface area contributed by atoms with Gasteiger partial charge in [-0.2, -0.15) is 0 Å². The van der Waals surface area contributed by atoms with Crippen LogP contribution in [0.15, 0.2) is 48.1 Å². The van der Waals surface area contributed by atoms with E-state index in [9.17, 15) is 15.0 Å². The standard InChI is InChI=1S/C17H15N3O3S/c1-10(19-16(23)11-4-5-14(21)15(22)7-11)17-20-13(9-24-17)12-3-2-6-18-8-12/h2-10,21-22H,1H3,(H,19,23)/t10-/m1/s1. The molecule has 122 valence electrons. The lowest BCUT2D eigenvalue weighted by Gasteiger charge is -2.11. The molecule has 0 aliphatic rings. The van der Waals surface area contributed by atoms with E-state index >= 15 is 0 Å². The topological polar surface area (TPSA) is 95.3 Å². The maximum absolute atomic E-state index is 12.2. The number of amides is 1. The fourth-order valence-electron chi connectivity index (χ4n) is 2.14. The first-order chi connectivity index (χ1) is 11.5. The van der Waals surface area contributed by atoms with Crippen molar-refractivity contribution >= 4 is 17.2 Å². The van der Waals surface area contributed by atoms with Crippen LogP contribution in [-0.4, -0.2) is 26.1 Å². The second-order valence-corrected chi connectivity index (χ2v) is 6.10. The molecule has 0 aliphatic heterocycles. The number of rotatable bonds is 4. The smallest absolute Gasteiger partial charge is 0.251 e. The second-order valence-electron chi connectivity index (χ2n) is 5.21. The van der Waals surface area contributed by atoms with Gasteiger partial charge in [-0.1, -0.05) is 0 Å². The molecule has 3 N–H and O–H groups in total. The van der Waals surface area contributed by atoms with Crippen molar-refractivity contribution in [3.63, 3.8) is 0 Å². The van der Waals surface area contributed by atoms with E-state index in [0.717, 1.165) is 16.3 Å². The lowest BCUT2D eigenvalue weighted by Crippen LogP contribution is -2.26. The number of hydrogen-bond acceptors (Lipinski definition) is 6. The molecule has 0 aliphatic carbocycles. The highest BCUT2D eigenvalue weighted by atomic mass is 32.1. The third-order valence-electron chi connectivity index (χ3n) is 3.43. The van der Waals surface area contributed by atoms with E-state index in [1.807, 2.05) is 24.4 Å². The van der Waals surface area contributed by atoms with Gasteiger partial charge in [0.05, 0.1) is 11.7 Å². The Morgan fingerprint density at radius 2 is 2.08 bits per heavy atom. The molecule has 3 rings (SSSR count). The summed E-state index contributed by atoms with van der Waals surface area (Å²) in [7, 11) is 0. The first-order valence-electron chi connectivity index (χ1n) is 7.23. The molecule has 6 nitrogen and oxygen atoms in total. The fraction of sp³-hybridized carbons (Fsp3) is 0.118. The summed E-state index contributed by atoms with van der Waals surface area (Å²) in [6.45, 7) is 1.84. The monoisotopic (exact) mass is 341 g/mol. The number of phenolic OH excluding ortho intramolecular Hbond substituents is 2. The average molecular weight is 341 g/mol. The quantitative estimate of drug-likeness (QED) is 0.634.